The molecule has 0 heterocycles. The first-order chi connectivity index (χ1) is 45.5. The maximum Gasteiger partial charge on any atom is 0.472 e. The Hall–Kier alpha value is -1.94. The number of ether oxygens (including phenoxy) is 4. The number of carbonyl (C=O) groups is 4. The molecule has 0 amide bonds. The van der Waals surface area contributed by atoms with Crippen LogP contribution in [0, 0.1) is 5.92 Å². The van der Waals surface area contributed by atoms with Crippen LogP contribution in [0.25, 0.3) is 0 Å². The molecule has 0 aromatic carbocycles. The van der Waals surface area contributed by atoms with E-state index in [0.717, 1.165) is 109 Å². The number of aliphatic hydroxyl groups excluding tert-OH is 1. The van der Waals surface area contributed by atoms with Crippen LogP contribution in [-0.2, 0) is 65.4 Å². The van der Waals surface area contributed by atoms with Crippen molar-refractivity contribution in [1.29, 1.82) is 0 Å². The van der Waals surface area contributed by atoms with Crippen LogP contribution in [0.4, 0.5) is 0 Å². The molecule has 0 saturated carbocycles. The van der Waals surface area contributed by atoms with Crippen molar-refractivity contribution in [2.75, 3.05) is 39.6 Å². The van der Waals surface area contributed by atoms with E-state index in [-0.39, 0.29) is 25.7 Å². The highest BCUT2D eigenvalue weighted by Gasteiger charge is 2.30. The van der Waals surface area contributed by atoms with Crippen LogP contribution in [0.15, 0.2) is 0 Å². The third-order valence-electron chi connectivity index (χ3n) is 17.5. The topological polar surface area (TPSA) is 237 Å². The van der Waals surface area contributed by atoms with E-state index < -0.39 is 97.5 Å². The number of rotatable bonds is 75. The highest BCUT2D eigenvalue weighted by Crippen LogP contribution is 2.45. The van der Waals surface area contributed by atoms with Gasteiger partial charge >= 0.3 is 39.5 Å². The lowest BCUT2D eigenvalue weighted by Gasteiger charge is -2.21. The summed E-state index contributed by atoms with van der Waals surface area (Å²) >= 11 is 0. The average Bonchev–Trinajstić information content (AvgIpc) is 1.57. The molecule has 0 aliphatic carbocycles. The first-order valence-electron chi connectivity index (χ1n) is 39.1. The van der Waals surface area contributed by atoms with Gasteiger partial charge in [-0.2, -0.15) is 0 Å². The zero-order valence-electron chi connectivity index (χ0n) is 61.1. The minimum Gasteiger partial charge on any atom is -0.462 e. The summed E-state index contributed by atoms with van der Waals surface area (Å²) < 4.78 is 68.3. The standard InChI is InChI=1S/C75H146O17P2/c1-6-9-12-15-18-20-22-23-24-25-26-30-33-36-40-44-49-54-59-73(78)86-65-71(92-75(80)61-56-51-46-41-37-34-31-28-27-29-32-35-38-43-47-52-57-68(4)5)67-90-94(83,84)88-63-69(76)62-87-93(81,82)89-66-70(64-85-72(77)58-53-48-42-17-14-11-8-3)91-74(79)60-55-50-45-39-21-19-16-13-10-7-2/h68-71,76H,6-67H2,1-5H3,(H,81,82)(H,83,84)/t69-,70+,71+/m0/s1. The molecule has 94 heavy (non-hydrogen) atoms. The van der Waals surface area contributed by atoms with E-state index in [1.165, 1.54) is 205 Å². The molecule has 0 bridgehead atoms. The van der Waals surface area contributed by atoms with E-state index in [0.29, 0.717) is 25.7 Å². The number of unbranched alkanes of at least 4 members (excludes halogenated alkanes) is 47. The summed E-state index contributed by atoms with van der Waals surface area (Å²) in [5.41, 5.74) is 0. The molecule has 0 spiro atoms. The van der Waals surface area contributed by atoms with Gasteiger partial charge in [0.05, 0.1) is 26.4 Å². The third-order valence-corrected chi connectivity index (χ3v) is 19.4. The Morgan fingerprint density at radius 2 is 0.489 bits per heavy atom. The monoisotopic (exact) mass is 1380 g/mol. The molecule has 0 aliphatic rings. The molecule has 0 radical (unpaired) electrons. The van der Waals surface area contributed by atoms with Gasteiger partial charge in [-0.15, -0.1) is 0 Å². The van der Waals surface area contributed by atoms with Crippen LogP contribution in [0.5, 0.6) is 0 Å². The van der Waals surface area contributed by atoms with Crippen LogP contribution >= 0.6 is 15.6 Å². The van der Waals surface area contributed by atoms with Gasteiger partial charge in [0.1, 0.15) is 19.3 Å². The average molecular weight is 1380 g/mol. The number of hydrogen-bond donors (Lipinski definition) is 3. The van der Waals surface area contributed by atoms with Gasteiger partial charge in [0, 0.05) is 25.7 Å². The van der Waals surface area contributed by atoms with Crippen LogP contribution in [0.1, 0.15) is 394 Å². The summed E-state index contributed by atoms with van der Waals surface area (Å²) in [5, 5.41) is 10.6. The number of hydrogen-bond acceptors (Lipinski definition) is 15. The lowest BCUT2D eigenvalue weighted by atomic mass is 10.0. The van der Waals surface area contributed by atoms with Crippen LogP contribution in [0.2, 0.25) is 0 Å². The number of esters is 4. The molecule has 0 fully saturated rings. The second kappa shape index (κ2) is 68.2. The molecule has 2 unspecified atom stereocenters. The van der Waals surface area contributed by atoms with E-state index in [9.17, 15) is 43.2 Å². The fourth-order valence-corrected chi connectivity index (χ4v) is 13.1. The summed E-state index contributed by atoms with van der Waals surface area (Å²) in [7, 11) is -9.90. The van der Waals surface area contributed by atoms with Crippen molar-refractivity contribution in [3.05, 3.63) is 0 Å². The Morgan fingerprint density at radius 1 is 0.287 bits per heavy atom. The zero-order valence-corrected chi connectivity index (χ0v) is 62.9. The van der Waals surface area contributed by atoms with E-state index in [1.54, 1.807) is 0 Å². The largest absolute Gasteiger partial charge is 0.472 e. The van der Waals surface area contributed by atoms with E-state index >= 15 is 0 Å². The SMILES string of the molecule is CCCCCCCCCCCCCCCCCCCCC(=O)OC[C@H](COP(=O)(O)OC[C@@H](O)COP(=O)(O)OC[C@@H](COC(=O)CCCCCCCCC)OC(=O)CCCCCCCCCCCC)OC(=O)CCCCCCCCCCCCCCCCCCC(C)C. The Bertz CT molecular complexity index is 1810. The second-order valence-electron chi connectivity index (χ2n) is 27.5. The van der Waals surface area contributed by atoms with E-state index in [2.05, 4.69) is 34.6 Å². The molecule has 0 rings (SSSR count). The number of phosphoric acid groups is 2. The first-order valence-corrected chi connectivity index (χ1v) is 42.1. The van der Waals surface area contributed by atoms with Gasteiger partial charge in [0.15, 0.2) is 12.2 Å². The zero-order chi connectivity index (χ0) is 69.1. The number of phosphoric ester groups is 2. The summed E-state index contributed by atoms with van der Waals surface area (Å²) in [6, 6.07) is 0. The summed E-state index contributed by atoms with van der Waals surface area (Å²) in [4.78, 5) is 72.6. The van der Waals surface area contributed by atoms with Gasteiger partial charge in [-0.05, 0) is 31.6 Å². The van der Waals surface area contributed by atoms with Crippen LogP contribution in [-0.4, -0.2) is 96.7 Å². The Labute approximate surface area is 575 Å². The van der Waals surface area contributed by atoms with Gasteiger partial charge in [0.2, 0.25) is 0 Å². The molecule has 0 aromatic rings. The maximum atomic E-state index is 13.1. The fraction of sp³-hybridized carbons (Fsp3) is 0.947. The first kappa shape index (κ1) is 92.1. The Balaban J connectivity index is 5.16. The molecule has 0 saturated heterocycles. The molecule has 0 aromatic heterocycles. The van der Waals surface area contributed by atoms with Crippen molar-refractivity contribution in [3.8, 4) is 0 Å². The smallest absolute Gasteiger partial charge is 0.462 e. The molecular formula is C75H146O17P2. The number of aliphatic hydroxyl groups is 1. The molecule has 3 N–H and O–H groups in total. The molecule has 19 heteroatoms. The molecule has 558 valence electrons. The van der Waals surface area contributed by atoms with E-state index in [4.69, 9.17) is 37.0 Å². The van der Waals surface area contributed by atoms with Gasteiger partial charge in [-0.3, -0.25) is 37.3 Å². The normalized spacial score (nSPS) is 14.0. The third kappa shape index (κ3) is 68.6. The number of carbonyl (C=O) groups excluding carboxylic acids is 4. The predicted octanol–water partition coefficient (Wildman–Crippen LogP) is 22.1. The van der Waals surface area contributed by atoms with Crippen molar-refractivity contribution >= 4 is 39.5 Å². The van der Waals surface area contributed by atoms with Crippen molar-refractivity contribution in [3.63, 3.8) is 0 Å². The van der Waals surface area contributed by atoms with Gasteiger partial charge in [-0.25, -0.2) is 9.13 Å². The highest BCUT2D eigenvalue weighted by molar-refractivity contribution is 7.47. The van der Waals surface area contributed by atoms with Crippen molar-refractivity contribution in [2.24, 2.45) is 5.92 Å². The van der Waals surface area contributed by atoms with Crippen LogP contribution in [0.3, 0.4) is 0 Å². The van der Waals surface area contributed by atoms with Crippen molar-refractivity contribution in [2.45, 2.75) is 412 Å². The lowest BCUT2D eigenvalue weighted by Crippen LogP contribution is -2.30. The highest BCUT2D eigenvalue weighted by atomic mass is 31.2. The fourth-order valence-electron chi connectivity index (χ4n) is 11.5. The summed E-state index contributed by atoms with van der Waals surface area (Å²) in [5.74, 6) is -1.31. The predicted molar refractivity (Wildman–Crippen MR) is 382 cm³/mol. The molecular weight excluding hydrogens is 1230 g/mol. The summed E-state index contributed by atoms with van der Waals surface area (Å²) in [6.45, 7) is 7.26. The van der Waals surface area contributed by atoms with Crippen LogP contribution < -0.4 is 0 Å². The second-order valence-corrected chi connectivity index (χ2v) is 30.4. The Kier molecular flexibility index (Phi) is 66.8. The molecule has 0 aliphatic heterocycles. The maximum absolute atomic E-state index is 13.1. The molecule has 5 atom stereocenters. The van der Waals surface area contributed by atoms with Gasteiger partial charge < -0.3 is 33.8 Å². The Morgan fingerprint density at radius 3 is 0.723 bits per heavy atom. The molecule has 17 nitrogen and oxygen atoms in total. The van der Waals surface area contributed by atoms with Crippen molar-refractivity contribution in [1.82, 2.24) is 0 Å². The van der Waals surface area contributed by atoms with Crippen molar-refractivity contribution < 1.29 is 80.2 Å². The van der Waals surface area contributed by atoms with Gasteiger partial charge in [-0.1, -0.05) is 343 Å². The minimum absolute atomic E-state index is 0.106. The lowest BCUT2D eigenvalue weighted by molar-refractivity contribution is -0.161. The van der Waals surface area contributed by atoms with Gasteiger partial charge in [0.25, 0.3) is 0 Å². The summed E-state index contributed by atoms with van der Waals surface area (Å²) in [6.07, 6.45) is 57.1. The minimum atomic E-state index is -4.95. The quantitative estimate of drug-likeness (QED) is 0.0222. The van der Waals surface area contributed by atoms with E-state index in [1.807, 2.05) is 0 Å².